The molecule has 3 aromatic rings. The Bertz CT molecular complexity index is 1230. The van der Waals surface area contributed by atoms with E-state index in [-0.39, 0.29) is 5.56 Å². The second-order valence-electron chi connectivity index (χ2n) is 7.40. The molecule has 3 aromatic carbocycles. The average molecular weight is 547 g/mol. The van der Waals surface area contributed by atoms with Gasteiger partial charge in [0.1, 0.15) is 6.61 Å². The number of ether oxygens (including phenoxy) is 2. The van der Waals surface area contributed by atoms with Gasteiger partial charge in [-0.3, -0.25) is 4.79 Å². The molecule has 0 saturated carbocycles. The first-order valence-electron chi connectivity index (χ1n) is 10.4. The third-order valence-electron chi connectivity index (χ3n) is 4.87. The highest BCUT2D eigenvalue weighted by Gasteiger charge is 2.30. The van der Waals surface area contributed by atoms with E-state index in [1.54, 1.807) is 18.2 Å². The van der Waals surface area contributed by atoms with Gasteiger partial charge in [0.05, 0.1) is 18.9 Å². The fourth-order valence-corrected chi connectivity index (χ4v) is 3.45. The van der Waals surface area contributed by atoms with Gasteiger partial charge in [-0.2, -0.15) is 18.3 Å². The number of nitrogens with one attached hydrogen (secondary N) is 1. The molecule has 0 bridgehead atoms. The van der Waals surface area contributed by atoms with Crippen LogP contribution in [0.15, 0.2) is 82.9 Å². The van der Waals surface area contributed by atoms with E-state index in [9.17, 15) is 18.0 Å². The van der Waals surface area contributed by atoms with Crippen LogP contribution in [0.1, 0.15) is 32.6 Å². The van der Waals surface area contributed by atoms with Crippen LogP contribution < -0.4 is 14.9 Å². The van der Waals surface area contributed by atoms with Gasteiger partial charge in [0, 0.05) is 15.6 Å². The zero-order valence-corrected chi connectivity index (χ0v) is 20.3. The van der Waals surface area contributed by atoms with Crippen molar-refractivity contribution in [2.45, 2.75) is 19.2 Å². The minimum atomic E-state index is -4.54. The van der Waals surface area contributed by atoms with Crippen molar-refractivity contribution in [2.75, 3.05) is 7.11 Å². The van der Waals surface area contributed by atoms with E-state index in [0.717, 1.165) is 27.7 Å². The third kappa shape index (κ3) is 7.19. The number of hydrogen-bond donors (Lipinski definition) is 1. The minimum Gasteiger partial charge on any atom is -0.493 e. The Hall–Kier alpha value is -3.59. The average Bonchev–Trinajstić information content (AvgIpc) is 2.83. The molecule has 0 aliphatic carbocycles. The van der Waals surface area contributed by atoms with Gasteiger partial charge in [0.15, 0.2) is 11.5 Å². The number of benzene rings is 3. The highest BCUT2D eigenvalue weighted by Crippen LogP contribution is 2.34. The molecule has 0 unspecified atom stereocenters. The molecule has 9 heteroatoms. The van der Waals surface area contributed by atoms with Crippen LogP contribution in [0.3, 0.4) is 0 Å². The number of allylic oxidation sites excluding steroid dienone is 1. The number of carbonyl (C=O) groups is 1. The number of hydrazone groups is 1. The number of amides is 1. The minimum absolute atomic E-state index is 0.154. The summed E-state index contributed by atoms with van der Waals surface area (Å²) >= 11 is 3.40. The molecular weight excluding hydrogens is 525 g/mol. The summed E-state index contributed by atoms with van der Waals surface area (Å²) in [4.78, 5) is 12.2. The SMILES string of the molecule is C=CCc1cc(/C=N\NC(=O)c2cccc(C(F)(F)F)c2)cc(OC)c1OCc1ccc(Br)cc1. The summed E-state index contributed by atoms with van der Waals surface area (Å²) in [5, 5.41) is 3.89. The van der Waals surface area contributed by atoms with Crippen molar-refractivity contribution in [3.05, 3.63) is 106 Å². The van der Waals surface area contributed by atoms with Crippen LogP contribution in [0.25, 0.3) is 0 Å². The van der Waals surface area contributed by atoms with Crippen molar-refractivity contribution < 1.29 is 27.4 Å². The maximum Gasteiger partial charge on any atom is 0.416 e. The number of carbonyl (C=O) groups excluding carboxylic acids is 1. The van der Waals surface area contributed by atoms with E-state index >= 15 is 0 Å². The van der Waals surface area contributed by atoms with E-state index in [4.69, 9.17) is 9.47 Å². The molecular formula is C26H22BrF3N2O3. The molecule has 182 valence electrons. The van der Waals surface area contributed by atoms with Crippen molar-refractivity contribution in [3.63, 3.8) is 0 Å². The van der Waals surface area contributed by atoms with E-state index in [2.05, 4.69) is 33.0 Å². The Balaban J connectivity index is 1.76. The van der Waals surface area contributed by atoms with Crippen LogP contribution >= 0.6 is 15.9 Å². The van der Waals surface area contributed by atoms with Crippen molar-refractivity contribution >= 4 is 28.1 Å². The first-order valence-corrected chi connectivity index (χ1v) is 11.2. The first kappa shape index (κ1) is 26.0. The molecule has 3 rings (SSSR count). The van der Waals surface area contributed by atoms with Gasteiger partial charge >= 0.3 is 6.18 Å². The topological polar surface area (TPSA) is 59.9 Å². The Labute approximate surface area is 209 Å². The summed E-state index contributed by atoms with van der Waals surface area (Å²) in [5.74, 6) is 0.257. The summed E-state index contributed by atoms with van der Waals surface area (Å²) in [5.41, 5.74) is 3.55. The van der Waals surface area contributed by atoms with Gasteiger partial charge in [-0.1, -0.05) is 40.2 Å². The van der Waals surface area contributed by atoms with Crippen LogP contribution in [0.5, 0.6) is 11.5 Å². The fraction of sp³-hybridized carbons (Fsp3) is 0.154. The second kappa shape index (κ2) is 11.7. The van der Waals surface area contributed by atoms with E-state index in [0.29, 0.717) is 30.1 Å². The predicted octanol–water partition coefficient (Wildman–Crippen LogP) is 6.55. The Kier molecular flexibility index (Phi) is 8.70. The molecule has 1 amide bonds. The van der Waals surface area contributed by atoms with Gasteiger partial charge < -0.3 is 9.47 Å². The van der Waals surface area contributed by atoms with Crippen LogP contribution in [0.2, 0.25) is 0 Å². The van der Waals surface area contributed by atoms with E-state index in [1.165, 1.54) is 25.5 Å². The number of halogens is 4. The molecule has 5 nitrogen and oxygen atoms in total. The summed E-state index contributed by atoms with van der Waals surface area (Å²) in [7, 11) is 1.51. The molecule has 35 heavy (non-hydrogen) atoms. The van der Waals surface area contributed by atoms with Crippen LogP contribution in [-0.4, -0.2) is 19.2 Å². The molecule has 0 aliphatic heterocycles. The Morgan fingerprint density at radius 1 is 1.14 bits per heavy atom. The maximum absolute atomic E-state index is 12.9. The van der Waals surface area contributed by atoms with Gasteiger partial charge in [-0.15, -0.1) is 6.58 Å². The van der Waals surface area contributed by atoms with Crippen molar-refractivity contribution in [3.8, 4) is 11.5 Å². The summed E-state index contributed by atoms with van der Waals surface area (Å²) in [6.45, 7) is 4.11. The van der Waals surface area contributed by atoms with Gasteiger partial charge in [-0.25, -0.2) is 5.43 Å². The van der Waals surface area contributed by atoms with Crippen LogP contribution in [0, 0.1) is 0 Å². The second-order valence-corrected chi connectivity index (χ2v) is 8.31. The number of alkyl halides is 3. The van der Waals surface area contributed by atoms with Crippen molar-refractivity contribution in [1.82, 2.24) is 5.43 Å². The molecule has 0 spiro atoms. The lowest BCUT2D eigenvalue weighted by Gasteiger charge is -2.16. The molecule has 0 radical (unpaired) electrons. The normalized spacial score (nSPS) is 11.3. The van der Waals surface area contributed by atoms with Gasteiger partial charge in [0.25, 0.3) is 5.91 Å². The molecule has 0 heterocycles. The van der Waals surface area contributed by atoms with Crippen molar-refractivity contribution in [2.24, 2.45) is 5.10 Å². The lowest BCUT2D eigenvalue weighted by molar-refractivity contribution is -0.137. The zero-order valence-electron chi connectivity index (χ0n) is 18.7. The lowest BCUT2D eigenvalue weighted by Crippen LogP contribution is -2.18. The molecule has 1 N–H and O–H groups in total. The summed E-state index contributed by atoms with van der Waals surface area (Å²) < 4.78 is 51.2. The molecule has 0 atom stereocenters. The fourth-order valence-electron chi connectivity index (χ4n) is 3.18. The number of methoxy groups -OCH3 is 1. The maximum atomic E-state index is 12.9. The number of nitrogens with zero attached hydrogens (tertiary/aromatic N) is 1. The molecule has 0 saturated heterocycles. The summed E-state index contributed by atoms with van der Waals surface area (Å²) in [6, 6.07) is 15.3. The highest BCUT2D eigenvalue weighted by atomic mass is 79.9. The van der Waals surface area contributed by atoms with Gasteiger partial charge in [-0.05, 0) is 60.0 Å². The third-order valence-corrected chi connectivity index (χ3v) is 5.40. The lowest BCUT2D eigenvalue weighted by atomic mass is 10.1. The quantitative estimate of drug-likeness (QED) is 0.188. The zero-order chi connectivity index (χ0) is 25.4. The Morgan fingerprint density at radius 2 is 1.89 bits per heavy atom. The first-order chi connectivity index (χ1) is 16.7. The Morgan fingerprint density at radius 3 is 2.54 bits per heavy atom. The van der Waals surface area contributed by atoms with Crippen LogP contribution in [-0.2, 0) is 19.2 Å². The van der Waals surface area contributed by atoms with Gasteiger partial charge in [0.2, 0.25) is 0 Å². The summed E-state index contributed by atoms with van der Waals surface area (Å²) in [6.07, 6.45) is -0.958. The smallest absolute Gasteiger partial charge is 0.416 e. The standard InChI is InChI=1S/C26H22BrF3N2O3/c1-3-5-19-12-18(13-23(34-2)24(19)35-16-17-8-10-22(27)11-9-17)15-31-32-25(33)20-6-4-7-21(14-20)26(28,29)30/h3-4,6-15H,1,5,16H2,2H3,(H,32,33)/b31-15-. The number of rotatable bonds is 9. The largest absolute Gasteiger partial charge is 0.493 e. The van der Waals surface area contributed by atoms with E-state index < -0.39 is 17.6 Å². The monoisotopic (exact) mass is 546 g/mol. The van der Waals surface area contributed by atoms with Crippen molar-refractivity contribution in [1.29, 1.82) is 0 Å². The molecule has 0 fully saturated rings. The molecule has 0 aromatic heterocycles. The van der Waals surface area contributed by atoms with E-state index in [1.807, 2.05) is 24.3 Å². The van der Waals surface area contributed by atoms with Crippen LogP contribution in [0.4, 0.5) is 13.2 Å². The predicted molar refractivity (Wildman–Crippen MR) is 132 cm³/mol. The highest BCUT2D eigenvalue weighted by molar-refractivity contribution is 9.10. The molecule has 0 aliphatic rings. The number of hydrogen-bond acceptors (Lipinski definition) is 4.